The van der Waals surface area contributed by atoms with E-state index >= 15 is 0 Å². The summed E-state index contributed by atoms with van der Waals surface area (Å²) in [6.07, 6.45) is 6.01. The predicted molar refractivity (Wildman–Crippen MR) is 180 cm³/mol. The number of ether oxygens (including phenoxy) is 4. The van der Waals surface area contributed by atoms with Crippen LogP contribution in [0.4, 0.5) is 5.69 Å². The highest BCUT2D eigenvalue weighted by molar-refractivity contribution is 5.80. The topological polar surface area (TPSA) is 142 Å². The Morgan fingerprint density at radius 3 is 2.60 bits per heavy atom. The molecule has 0 saturated carbocycles. The first-order valence-corrected chi connectivity index (χ1v) is 16.1. The van der Waals surface area contributed by atoms with E-state index in [1.54, 1.807) is 19.5 Å². The first-order valence-electron chi connectivity index (χ1n) is 16.1. The van der Waals surface area contributed by atoms with Crippen molar-refractivity contribution >= 4 is 22.5 Å². The maximum atomic E-state index is 13.8. The highest BCUT2D eigenvalue weighted by atomic mass is 16.6. The van der Waals surface area contributed by atoms with Gasteiger partial charge in [0.2, 0.25) is 5.91 Å². The lowest BCUT2D eigenvalue weighted by Crippen LogP contribution is -2.35. The molecule has 0 aliphatic carbocycles. The van der Waals surface area contributed by atoms with E-state index in [0.717, 1.165) is 29.4 Å². The highest BCUT2D eigenvalue weighted by Crippen LogP contribution is 2.31. The van der Waals surface area contributed by atoms with E-state index in [-0.39, 0.29) is 49.0 Å². The minimum atomic E-state index is -0.327. The van der Waals surface area contributed by atoms with E-state index in [1.165, 1.54) is 16.3 Å². The number of hydrogen-bond donors (Lipinski definition) is 3. The number of methoxy groups -OCH3 is 1. The Labute approximate surface area is 277 Å². The molecule has 1 amide bonds. The van der Waals surface area contributed by atoms with E-state index < -0.39 is 0 Å². The van der Waals surface area contributed by atoms with Gasteiger partial charge in [-0.15, -0.1) is 0 Å². The van der Waals surface area contributed by atoms with Crippen molar-refractivity contribution < 1.29 is 23.7 Å². The molecule has 0 radical (unpaired) electrons. The van der Waals surface area contributed by atoms with E-state index in [0.29, 0.717) is 42.6 Å². The molecule has 12 heteroatoms. The molecule has 12 nitrogen and oxygen atoms in total. The van der Waals surface area contributed by atoms with Crippen LogP contribution in [0.15, 0.2) is 90.1 Å². The summed E-state index contributed by atoms with van der Waals surface area (Å²) >= 11 is 0. The zero-order valence-electron chi connectivity index (χ0n) is 26.6. The number of nitrogens with one attached hydrogen (secondary N) is 3. The molecular weight excluding hydrogens is 612 g/mol. The molecule has 2 saturated heterocycles. The number of rotatable bonds is 13. The Morgan fingerprint density at radius 2 is 1.81 bits per heavy atom. The fourth-order valence-electron chi connectivity index (χ4n) is 6.26. The summed E-state index contributed by atoms with van der Waals surface area (Å²) in [5.74, 6) is 0.689. The molecule has 2 aliphatic rings. The molecule has 0 bridgehead atoms. The van der Waals surface area contributed by atoms with Gasteiger partial charge < -0.3 is 34.6 Å². The normalized spacial score (nSPS) is 20.1. The van der Waals surface area contributed by atoms with Crippen LogP contribution in [0.3, 0.4) is 0 Å². The van der Waals surface area contributed by atoms with Crippen LogP contribution in [0.25, 0.3) is 22.3 Å². The third-order valence-electron chi connectivity index (χ3n) is 8.77. The van der Waals surface area contributed by atoms with Crippen molar-refractivity contribution in [2.24, 2.45) is 0 Å². The molecular formula is C36H38N6O6. The zero-order chi connectivity index (χ0) is 32.9. The largest absolute Gasteiger partial charge is 0.485 e. The Bertz CT molecular complexity index is 1880. The molecule has 0 spiro atoms. The fraction of sp³-hybridized carbons (Fsp3) is 0.333. The van der Waals surface area contributed by atoms with Crippen LogP contribution < -0.4 is 20.9 Å². The number of hydrogen-bond acceptors (Lipinski definition) is 9. The molecule has 5 heterocycles. The van der Waals surface area contributed by atoms with Gasteiger partial charge in [-0.2, -0.15) is 0 Å². The van der Waals surface area contributed by atoms with Crippen LogP contribution in [0, 0.1) is 0 Å². The minimum absolute atomic E-state index is 0.105. The number of amides is 1. The standard InChI is InChI=1S/C36H38N6O6/c1-45-30-21-46-34-31(22-47-33(30)34)48-27-11-9-24(10-12-27)35-40-19-29(38-14-5-8-23-6-3-2-4-7-23)36(44)42(35)20-32(43)39-18-26-16-25-17-37-15-13-28(25)41-26/h2-4,6-7,9-13,15-17,19,30-31,33-34,38,41H,5,8,14,18,20-22H2,1H3,(H,39,43)/t30-,31-,33-,34-/m1/s1. The summed E-state index contributed by atoms with van der Waals surface area (Å²) in [6.45, 7) is 1.53. The van der Waals surface area contributed by atoms with Crippen LogP contribution in [-0.2, 0) is 38.5 Å². The zero-order valence-corrected chi connectivity index (χ0v) is 26.6. The maximum Gasteiger partial charge on any atom is 0.277 e. The Balaban J connectivity index is 1.06. The second-order valence-electron chi connectivity index (χ2n) is 12.0. The van der Waals surface area contributed by atoms with Gasteiger partial charge in [-0.1, -0.05) is 30.3 Å². The number of nitrogens with zero attached hydrogens (tertiary/aromatic N) is 3. The van der Waals surface area contributed by atoms with Gasteiger partial charge in [0, 0.05) is 48.2 Å². The van der Waals surface area contributed by atoms with Gasteiger partial charge >= 0.3 is 0 Å². The van der Waals surface area contributed by atoms with Crippen LogP contribution in [0.5, 0.6) is 5.75 Å². The molecule has 4 atom stereocenters. The summed E-state index contributed by atoms with van der Waals surface area (Å²) in [6, 6.07) is 21.3. The molecule has 2 aliphatic heterocycles. The molecule has 3 N–H and O–H groups in total. The quantitative estimate of drug-likeness (QED) is 0.163. The van der Waals surface area contributed by atoms with Crippen molar-refractivity contribution in [1.29, 1.82) is 0 Å². The van der Waals surface area contributed by atoms with Crippen molar-refractivity contribution in [3.63, 3.8) is 0 Å². The minimum Gasteiger partial charge on any atom is -0.485 e. The molecule has 5 aromatic rings. The second kappa shape index (κ2) is 14.4. The van der Waals surface area contributed by atoms with E-state index in [1.807, 2.05) is 54.6 Å². The number of aryl methyl sites for hydroxylation is 1. The summed E-state index contributed by atoms with van der Waals surface area (Å²) in [5.41, 5.74) is 3.68. The lowest BCUT2D eigenvalue weighted by molar-refractivity contribution is -0.121. The fourth-order valence-corrected chi connectivity index (χ4v) is 6.26. The SMILES string of the molecule is CO[C@@H]1CO[C@H]2[C@@H]1OC[C@H]2Oc1ccc(-c2ncc(NCCCc3ccccc3)c(=O)n2CC(=O)NCc2cc3cnccc3[nH]2)cc1. The van der Waals surface area contributed by atoms with Crippen molar-refractivity contribution in [3.8, 4) is 17.1 Å². The molecule has 0 unspecified atom stereocenters. The molecule has 3 aromatic heterocycles. The number of aromatic nitrogens is 4. The van der Waals surface area contributed by atoms with Gasteiger partial charge in [0.25, 0.3) is 5.56 Å². The molecule has 48 heavy (non-hydrogen) atoms. The lowest BCUT2D eigenvalue weighted by Gasteiger charge is -2.18. The van der Waals surface area contributed by atoms with Crippen molar-refractivity contribution in [1.82, 2.24) is 24.8 Å². The maximum absolute atomic E-state index is 13.8. The highest BCUT2D eigenvalue weighted by Gasteiger charge is 2.49. The average molecular weight is 651 g/mol. The monoisotopic (exact) mass is 650 g/mol. The van der Waals surface area contributed by atoms with Crippen LogP contribution >= 0.6 is 0 Å². The van der Waals surface area contributed by atoms with E-state index in [4.69, 9.17) is 18.9 Å². The molecule has 2 aromatic carbocycles. The number of fused-ring (bicyclic) bond motifs is 2. The summed E-state index contributed by atoms with van der Waals surface area (Å²) in [4.78, 5) is 39.1. The van der Waals surface area contributed by atoms with Crippen LogP contribution in [0.2, 0.25) is 0 Å². The van der Waals surface area contributed by atoms with Crippen molar-refractivity contribution in [2.75, 3.05) is 32.2 Å². The third kappa shape index (κ3) is 6.96. The van der Waals surface area contributed by atoms with Crippen LogP contribution in [-0.4, -0.2) is 76.7 Å². The van der Waals surface area contributed by atoms with Crippen LogP contribution in [0.1, 0.15) is 17.7 Å². The number of carbonyl (C=O) groups is 1. The number of anilines is 1. The lowest BCUT2D eigenvalue weighted by atomic mass is 10.1. The molecule has 248 valence electrons. The van der Waals surface area contributed by atoms with Crippen molar-refractivity contribution in [2.45, 2.75) is 50.3 Å². The van der Waals surface area contributed by atoms with Gasteiger partial charge in [-0.3, -0.25) is 19.1 Å². The predicted octanol–water partition coefficient (Wildman–Crippen LogP) is 3.71. The number of benzene rings is 2. The molecule has 7 rings (SSSR count). The summed E-state index contributed by atoms with van der Waals surface area (Å²) < 4.78 is 24.9. The first-order chi connectivity index (χ1) is 23.6. The first kappa shape index (κ1) is 31.6. The molecule has 2 fully saturated rings. The van der Waals surface area contributed by atoms with Gasteiger partial charge in [0.15, 0.2) is 6.10 Å². The smallest absolute Gasteiger partial charge is 0.277 e. The summed E-state index contributed by atoms with van der Waals surface area (Å²) in [7, 11) is 1.65. The Hall–Kier alpha value is -5.04. The Morgan fingerprint density at radius 1 is 1.02 bits per heavy atom. The van der Waals surface area contributed by atoms with E-state index in [9.17, 15) is 9.59 Å². The van der Waals surface area contributed by atoms with Crippen molar-refractivity contribution in [3.05, 3.63) is 107 Å². The van der Waals surface area contributed by atoms with E-state index in [2.05, 4.69) is 37.7 Å². The number of carbonyl (C=O) groups excluding carboxylic acids is 1. The van der Waals surface area contributed by atoms with Gasteiger partial charge in [-0.25, -0.2) is 4.98 Å². The third-order valence-corrected chi connectivity index (χ3v) is 8.77. The van der Waals surface area contributed by atoms with Gasteiger partial charge in [-0.05, 0) is 54.8 Å². The number of H-pyrrole nitrogens is 1. The van der Waals surface area contributed by atoms with Gasteiger partial charge in [0.1, 0.15) is 42.1 Å². The van der Waals surface area contributed by atoms with Gasteiger partial charge in [0.05, 0.1) is 26.0 Å². The summed E-state index contributed by atoms with van der Waals surface area (Å²) in [5, 5.41) is 7.12. The number of aromatic amines is 1. The number of pyridine rings is 1. The average Bonchev–Trinajstić information content (AvgIpc) is 3.84. The Kier molecular flexibility index (Phi) is 9.46. The second-order valence-corrected chi connectivity index (χ2v) is 12.0.